The summed E-state index contributed by atoms with van der Waals surface area (Å²) >= 11 is 0. The maximum absolute atomic E-state index is 11.4. The van der Waals surface area contributed by atoms with Gasteiger partial charge in [-0.1, -0.05) is 0 Å². The number of rotatable bonds is 20. The van der Waals surface area contributed by atoms with E-state index < -0.39 is 217 Å². The topological polar surface area (TPSA) is 549 Å². The lowest BCUT2D eigenvalue weighted by molar-refractivity contribution is -0.365. The molecule has 5 aliphatic heterocycles. The van der Waals surface area contributed by atoms with Gasteiger partial charge in [0.25, 0.3) is 0 Å². The van der Waals surface area contributed by atoms with Crippen LogP contribution in [0.1, 0.15) is 0 Å². The number of aliphatic hydroxyl groups is 14. The van der Waals surface area contributed by atoms with Crippen LogP contribution in [-0.2, 0) is 52.2 Å². The zero-order valence-corrected chi connectivity index (χ0v) is 35.8. The Morgan fingerprint density at radius 2 is 0.731 bits per heavy atom. The average Bonchev–Trinajstić information content (AvgIpc) is 3.33. The summed E-state index contributed by atoms with van der Waals surface area (Å²) in [6, 6.07) is -9.23. The standard InChI is InChI=1S/C36H68N6O25/c37-8(1-43)20(51)27(9(50)2-44)63-33-16(39)23(54)29(11(4-46)59-33)65-35-18(41)25(56)31(13(6-48)61-35)67-36-19(42)26(57)30(14(7-49)62-36)66-34-17(40)24(55)28(12(5-47)60-34)64-32-15(38)22(53)21(52)10(3-45)58-32/h1,8-36,44-57H,2-7,37-42H2/t8-,9+,10+,11+,12+,13+,14+,15+,16+,17+,18+,19+,20+,21+,22+,23+,24+,25+,26+,27+,28+,29+,30+,31+,32-,33-,34-,35-,36-/m0/s1. The summed E-state index contributed by atoms with van der Waals surface area (Å²) in [6.45, 7) is -5.19. The first kappa shape index (κ1) is 56.4. The summed E-state index contributed by atoms with van der Waals surface area (Å²) < 4.78 is 57.5. The van der Waals surface area contributed by atoms with Gasteiger partial charge < -0.3 is 158 Å². The van der Waals surface area contributed by atoms with Gasteiger partial charge in [0.2, 0.25) is 0 Å². The Labute approximate surface area is 381 Å². The molecule has 5 aliphatic rings. The monoisotopic (exact) mass is 984 g/mol. The van der Waals surface area contributed by atoms with Gasteiger partial charge in [0, 0.05) is 0 Å². The zero-order valence-electron chi connectivity index (χ0n) is 35.8. The van der Waals surface area contributed by atoms with Gasteiger partial charge in [-0.2, -0.15) is 0 Å². The van der Waals surface area contributed by atoms with Crippen molar-refractivity contribution in [2.45, 2.75) is 178 Å². The van der Waals surface area contributed by atoms with Crippen molar-refractivity contribution in [2.75, 3.05) is 39.6 Å². The van der Waals surface area contributed by atoms with Crippen LogP contribution in [0.4, 0.5) is 0 Å². The molecular weight excluding hydrogens is 916 g/mol. The molecule has 0 aliphatic carbocycles. The van der Waals surface area contributed by atoms with Crippen LogP contribution in [0.2, 0.25) is 0 Å². The van der Waals surface area contributed by atoms with E-state index in [1.165, 1.54) is 0 Å². The van der Waals surface area contributed by atoms with Crippen LogP contribution < -0.4 is 34.4 Å². The predicted octanol–water partition coefficient (Wildman–Crippen LogP) is -14.5. The van der Waals surface area contributed by atoms with E-state index in [1.54, 1.807) is 0 Å². The third-order valence-electron chi connectivity index (χ3n) is 12.4. The Morgan fingerprint density at radius 3 is 1.03 bits per heavy atom. The SMILES string of the molecule is N[C@H]1[C@H](O[C@H]2[C@H](O)[C@@H](N)[C@H](O[C@H]3[C@H](O)[C@@H](N)[C@H](O[C@H]4[C@H](O)[C@@H](N)[C@H](O[C@H]5[C@H](O)[C@@H](N)[C@H](O[C@@H]([C@H](O)[C@@H](N)C=O)[C@H](O)CO)O[C@@H]5CO)O[C@@H]4CO)O[C@@H]3CO)O[C@@H]2CO)O[C@H](CO)[C@@H](O)[C@@H]1O. The van der Waals surface area contributed by atoms with Crippen molar-refractivity contribution < 1.29 is 124 Å². The number of carbonyl (C=O) groups excluding carboxylic acids is 1. The molecule has 0 radical (unpaired) electrons. The van der Waals surface area contributed by atoms with E-state index in [2.05, 4.69) is 0 Å². The molecule has 0 amide bonds. The van der Waals surface area contributed by atoms with Crippen molar-refractivity contribution in [3.63, 3.8) is 0 Å². The van der Waals surface area contributed by atoms with Crippen LogP contribution in [0, 0.1) is 0 Å². The molecule has 392 valence electrons. The highest BCUT2D eigenvalue weighted by Crippen LogP contribution is 2.35. The second kappa shape index (κ2) is 24.7. The average molecular weight is 985 g/mol. The largest absolute Gasteiger partial charge is 0.394 e. The summed E-state index contributed by atoms with van der Waals surface area (Å²) in [7, 11) is 0. The zero-order chi connectivity index (χ0) is 49.8. The van der Waals surface area contributed by atoms with Gasteiger partial charge in [-0.15, -0.1) is 0 Å². The van der Waals surface area contributed by atoms with E-state index >= 15 is 0 Å². The van der Waals surface area contributed by atoms with Crippen LogP contribution in [0.15, 0.2) is 0 Å². The number of aldehydes is 1. The van der Waals surface area contributed by atoms with Crippen LogP contribution in [-0.4, -0.2) is 295 Å². The smallest absolute Gasteiger partial charge is 0.176 e. The van der Waals surface area contributed by atoms with Gasteiger partial charge in [-0.25, -0.2) is 0 Å². The fourth-order valence-corrected chi connectivity index (χ4v) is 8.32. The molecule has 5 heterocycles. The van der Waals surface area contributed by atoms with Gasteiger partial charge >= 0.3 is 0 Å². The molecule has 67 heavy (non-hydrogen) atoms. The molecule has 31 heteroatoms. The highest BCUT2D eigenvalue weighted by Gasteiger charge is 2.56. The third-order valence-corrected chi connectivity index (χ3v) is 12.4. The minimum atomic E-state index is -1.89. The van der Waals surface area contributed by atoms with Crippen molar-refractivity contribution in [3.8, 4) is 0 Å². The van der Waals surface area contributed by atoms with Gasteiger partial charge in [-0.05, 0) is 0 Å². The number of nitrogens with two attached hydrogens (primary N) is 6. The number of ether oxygens (including phenoxy) is 10. The Hall–Kier alpha value is -1.53. The number of carbonyl (C=O) groups is 1. The maximum atomic E-state index is 11.4. The normalized spacial score (nSPS) is 48.3. The summed E-state index contributed by atoms with van der Waals surface area (Å²) in [5, 5.41) is 146. The molecule has 0 aromatic carbocycles. The van der Waals surface area contributed by atoms with E-state index in [1.807, 2.05) is 0 Å². The third kappa shape index (κ3) is 12.1. The molecule has 31 nitrogen and oxygen atoms in total. The fourth-order valence-electron chi connectivity index (χ4n) is 8.32. The molecule has 29 atom stereocenters. The molecule has 0 saturated carbocycles. The Bertz CT molecular complexity index is 1500. The molecular formula is C36H68N6O25. The summed E-state index contributed by atoms with van der Waals surface area (Å²) in [4.78, 5) is 11.2. The van der Waals surface area contributed by atoms with Crippen LogP contribution in [0.3, 0.4) is 0 Å². The molecule has 5 fully saturated rings. The predicted molar refractivity (Wildman–Crippen MR) is 212 cm³/mol. The first-order chi connectivity index (χ1) is 31.7. The van der Waals surface area contributed by atoms with Crippen molar-refractivity contribution in [1.82, 2.24) is 0 Å². The Morgan fingerprint density at radius 1 is 0.448 bits per heavy atom. The van der Waals surface area contributed by atoms with E-state index in [-0.39, 0.29) is 6.29 Å². The van der Waals surface area contributed by atoms with Crippen LogP contribution in [0.5, 0.6) is 0 Å². The van der Waals surface area contributed by atoms with Gasteiger partial charge in [0.1, 0.15) is 116 Å². The highest BCUT2D eigenvalue weighted by molar-refractivity contribution is 5.58. The van der Waals surface area contributed by atoms with Crippen molar-refractivity contribution in [2.24, 2.45) is 34.4 Å². The molecule has 0 aromatic rings. The second-order valence-electron chi connectivity index (χ2n) is 16.9. The van der Waals surface area contributed by atoms with Crippen molar-refractivity contribution in [3.05, 3.63) is 0 Å². The Balaban J connectivity index is 1.22. The molecule has 0 spiro atoms. The summed E-state index contributed by atoms with van der Waals surface area (Å²) in [5.41, 5.74) is 36.5. The van der Waals surface area contributed by atoms with E-state index in [4.69, 9.17) is 81.8 Å². The first-order valence-electron chi connectivity index (χ1n) is 21.4. The minimum Gasteiger partial charge on any atom is -0.394 e. The van der Waals surface area contributed by atoms with Crippen LogP contribution >= 0.6 is 0 Å². The van der Waals surface area contributed by atoms with E-state index in [9.17, 15) is 76.3 Å². The summed E-state index contributed by atoms with van der Waals surface area (Å²) in [5.74, 6) is 0. The lowest BCUT2D eigenvalue weighted by atomic mass is 9.93. The van der Waals surface area contributed by atoms with E-state index in [0.717, 1.165) is 0 Å². The summed E-state index contributed by atoms with van der Waals surface area (Å²) in [6.07, 6.45) is -37.6. The van der Waals surface area contributed by atoms with Crippen molar-refractivity contribution >= 4 is 6.29 Å². The molecule has 0 bridgehead atoms. The highest BCUT2D eigenvalue weighted by atomic mass is 16.8. The van der Waals surface area contributed by atoms with Gasteiger partial charge in [0.15, 0.2) is 31.5 Å². The number of hydrogen-bond donors (Lipinski definition) is 20. The molecule has 5 saturated heterocycles. The second-order valence-corrected chi connectivity index (χ2v) is 16.9. The minimum absolute atomic E-state index is 0.154. The van der Waals surface area contributed by atoms with E-state index in [0.29, 0.717) is 0 Å². The van der Waals surface area contributed by atoms with Crippen LogP contribution in [0.25, 0.3) is 0 Å². The number of aliphatic hydroxyl groups excluding tert-OH is 14. The molecule has 5 rings (SSSR count). The number of hydrogen-bond acceptors (Lipinski definition) is 31. The van der Waals surface area contributed by atoms with Gasteiger partial charge in [0.05, 0.1) is 75.9 Å². The molecule has 26 N–H and O–H groups in total. The quantitative estimate of drug-likeness (QED) is 0.0504. The first-order valence-corrected chi connectivity index (χ1v) is 21.4. The molecule has 0 aromatic heterocycles. The molecule has 0 unspecified atom stereocenters. The maximum Gasteiger partial charge on any atom is 0.176 e. The van der Waals surface area contributed by atoms with Gasteiger partial charge in [-0.3, -0.25) is 0 Å². The lowest BCUT2D eigenvalue weighted by Crippen LogP contribution is -2.71. The lowest BCUT2D eigenvalue weighted by Gasteiger charge is -2.50. The Kier molecular flexibility index (Phi) is 20.8. The van der Waals surface area contributed by atoms with Crippen molar-refractivity contribution in [1.29, 1.82) is 0 Å². The fraction of sp³-hybridized carbons (Fsp3) is 0.972.